The Morgan fingerprint density at radius 3 is 2.29 bits per heavy atom. The Bertz CT molecular complexity index is 1070. The molecule has 138 valence electrons. The van der Waals surface area contributed by atoms with E-state index >= 15 is 0 Å². The second kappa shape index (κ2) is 7.92. The highest BCUT2D eigenvalue weighted by atomic mass is 35.5. The molecule has 0 aromatic heterocycles. The number of carbonyl (C=O) groups excluding carboxylic acids is 2. The van der Waals surface area contributed by atoms with Crippen LogP contribution >= 0.6 is 23.4 Å². The lowest BCUT2D eigenvalue weighted by atomic mass is 10.2. The summed E-state index contributed by atoms with van der Waals surface area (Å²) in [6.07, 6.45) is 1.71. The summed E-state index contributed by atoms with van der Waals surface area (Å²) in [5, 5.41) is 3.20. The molecule has 1 saturated heterocycles. The molecule has 3 aromatic carbocycles. The predicted octanol–water partition coefficient (Wildman–Crippen LogP) is 5.59. The zero-order chi connectivity index (χ0) is 19.5. The van der Waals surface area contributed by atoms with E-state index in [4.69, 9.17) is 11.6 Å². The summed E-state index contributed by atoms with van der Waals surface area (Å²) in [5.74, 6) is -0.396. The third kappa shape index (κ3) is 3.81. The number of amides is 3. The lowest BCUT2D eigenvalue weighted by molar-refractivity contribution is -0.113. The number of halogens is 1. The van der Waals surface area contributed by atoms with Gasteiger partial charge >= 0.3 is 6.03 Å². The molecule has 0 spiro atoms. The average molecular weight is 407 g/mol. The molecule has 6 heteroatoms. The molecule has 1 aliphatic heterocycles. The number of rotatable bonds is 4. The first-order valence-corrected chi connectivity index (χ1v) is 9.76. The number of benzene rings is 3. The van der Waals surface area contributed by atoms with E-state index in [1.807, 2.05) is 54.6 Å². The van der Waals surface area contributed by atoms with Crippen LogP contribution in [-0.2, 0) is 4.79 Å². The van der Waals surface area contributed by atoms with E-state index in [9.17, 15) is 9.59 Å². The second-order valence-corrected chi connectivity index (χ2v) is 7.61. The molecule has 1 N–H and O–H groups in total. The van der Waals surface area contributed by atoms with Crippen LogP contribution in [0.3, 0.4) is 0 Å². The number of hydrogen-bond acceptors (Lipinski definition) is 3. The number of nitrogens with one attached hydrogen (secondary N) is 1. The van der Waals surface area contributed by atoms with Gasteiger partial charge in [-0.3, -0.25) is 4.79 Å². The molecule has 1 fully saturated rings. The number of imide groups is 1. The van der Waals surface area contributed by atoms with Gasteiger partial charge in [-0.2, -0.15) is 0 Å². The Morgan fingerprint density at radius 2 is 1.54 bits per heavy atom. The van der Waals surface area contributed by atoms with Crippen LogP contribution in [0.2, 0.25) is 5.02 Å². The fourth-order valence-corrected chi connectivity index (χ4v) is 3.89. The van der Waals surface area contributed by atoms with E-state index in [0.29, 0.717) is 10.7 Å². The minimum absolute atomic E-state index is 0.237. The minimum Gasteiger partial charge on any atom is -0.302 e. The molecule has 1 aliphatic rings. The summed E-state index contributed by atoms with van der Waals surface area (Å²) in [4.78, 5) is 28.4. The van der Waals surface area contributed by atoms with Crippen molar-refractivity contribution in [1.82, 2.24) is 5.32 Å². The van der Waals surface area contributed by atoms with Gasteiger partial charge in [0.25, 0.3) is 5.91 Å². The van der Waals surface area contributed by atoms with Gasteiger partial charge < -0.3 is 5.32 Å². The molecule has 0 bridgehead atoms. The summed E-state index contributed by atoms with van der Waals surface area (Å²) in [5.41, 5.74) is 1.57. The summed E-state index contributed by atoms with van der Waals surface area (Å²) < 4.78 is 0. The van der Waals surface area contributed by atoms with Crippen LogP contribution in [0.25, 0.3) is 6.08 Å². The van der Waals surface area contributed by atoms with Gasteiger partial charge in [0.15, 0.2) is 0 Å². The van der Waals surface area contributed by atoms with Gasteiger partial charge in [0.1, 0.15) is 5.70 Å². The number of anilines is 1. The summed E-state index contributed by atoms with van der Waals surface area (Å²) >= 11 is 7.49. The first-order chi connectivity index (χ1) is 13.6. The van der Waals surface area contributed by atoms with E-state index in [0.717, 1.165) is 20.3 Å². The Morgan fingerprint density at radius 1 is 0.857 bits per heavy atom. The Hall–Kier alpha value is -3.02. The van der Waals surface area contributed by atoms with Gasteiger partial charge in [-0.25, -0.2) is 9.69 Å². The number of hydrogen-bond donors (Lipinski definition) is 1. The number of nitrogens with zero attached hydrogens (tertiary/aromatic N) is 1. The second-order valence-electron chi connectivity index (χ2n) is 6.06. The summed E-state index contributed by atoms with van der Waals surface area (Å²) in [6.45, 7) is 0. The van der Waals surface area contributed by atoms with Crippen molar-refractivity contribution in [2.24, 2.45) is 0 Å². The maximum Gasteiger partial charge on any atom is 0.333 e. The highest BCUT2D eigenvalue weighted by molar-refractivity contribution is 7.99. The van der Waals surface area contributed by atoms with Gasteiger partial charge in [0.05, 0.1) is 5.69 Å². The molecule has 28 heavy (non-hydrogen) atoms. The Kier molecular flexibility index (Phi) is 5.19. The third-order valence-corrected chi connectivity index (χ3v) is 5.50. The largest absolute Gasteiger partial charge is 0.333 e. The van der Waals surface area contributed by atoms with E-state index in [-0.39, 0.29) is 5.70 Å². The molecular formula is C22H15ClN2O2S. The SMILES string of the molecule is O=C1N/C(=C\c2ccccc2Sc2ccccc2)C(=O)N1c1ccc(Cl)cc1. The minimum atomic E-state index is -0.480. The van der Waals surface area contributed by atoms with Crippen molar-refractivity contribution in [2.45, 2.75) is 9.79 Å². The molecule has 4 nitrogen and oxygen atoms in total. The Labute approximate surface area is 171 Å². The smallest absolute Gasteiger partial charge is 0.302 e. The lowest BCUT2D eigenvalue weighted by Crippen LogP contribution is -2.30. The quantitative estimate of drug-likeness (QED) is 0.454. The van der Waals surface area contributed by atoms with Gasteiger partial charge in [-0.05, 0) is 54.1 Å². The van der Waals surface area contributed by atoms with Gasteiger partial charge in [0.2, 0.25) is 0 Å². The number of carbonyl (C=O) groups is 2. The topological polar surface area (TPSA) is 49.4 Å². The highest BCUT2D eigenvalue weighted by Gasteiger charge is 2.34. The first kappa shape index (κ1) is 18.3. The van der Waals surface area contributed by atoms with E-state index in [1.165, 1.54) is 0 Å². The first-order valence-electron chi connectivity index (χ1n) is 8.56. The molecule has 0 radical (unpaired) electrons. The van der Waals surface area contributed by atoms with Crippen LogP contribution in [0.15, 0.2) is 94.4 Å². The fraction of sp³-hybridized carbons (Fsp3) is 0. The van der Waals surface area contributed by atoms with Gasteiger partial charge in [0, 0.05) is 14.8 Å². The molecule has 3 amide bonds. The molecule has 0 aliphatic carbocycles. The summed E-state index contributed by atoms with van der Waals surface area (Å²) in [7, 11) is 0. The monoisotopic (exact) mass is 406 g/mol. The van der Waals surface area contributed by atoms with Crippen LogP contribution in [0.5, 0.6) is 0 Å². The molecular weight excluding hydrogens is 392 g/mol. The third-order valence-electron chi connectivity index (χ3n) is 4.15. The van der Waals surface area contributed by atoms with Crippen molar-refractivity contribution in [3.8, 4) is 0 Å². The zero-order valence-corrected chi connectivity index (χ0v) is 16.2. The average Bonchev–Trinajstić information content (AvgIpc) is 2.98. The van der Waals surface area contributed by atoms with E-state index in [2.05, 4.69) is 5.32 Å². The van der Waals surface area contributed by atoms with Crippen molar-refractivity contribution in [1.29, 1.82) is 0 Å². The van der Waals surface area contributed by atoms with Crippen molar-refractivity contribution in [2.75, 3.05) is 4.90 Å². The predicted molar refractivity (Wildman–Crippen MR) is 112 cm³/mol. The van der Waals surface area contributed by atoms with Crippen molar-refractivity contribution >= 4 is 47.1 Å². The maximum absolute atomic E-state index is 12.8. The Balaban J connectivity index is 1.64. The molecule has 0 unspecified atom stereocenters. The fourth-order valence-electron chi connectivity index (χ4n) is 2.82. The van der Waals surface area contributed by atoms with Crippen molar-refractivity contribution in [3.63, 3.8) is 0 Å². The molecule has 1 heterocycles. The lowest BCUT2D eigenvalue weighted by Gasteiger charge is -2.11. The molecule has 3 aromatic rings. The van der Waals surface area contributed by atoms with Crippen LogP contribution in [-0.4, -0.2) is 11.9 Å². The summed E-state index contributed by atoms with van der Waals surface area (Å²) in [6, 6.07) is 23.8. The van der Waals surface area contributed by atoms with Crippen LogP contribution in [0.1, 0.15) is 5.56 Å². The van der Waals surface area contributed by atoms with Gasteiger partial charge in [-0.1, -0.05) is 59.8 Å². The highest BCUT2D eigenvalue weighted by Crippen LogP contribution is 2.32. The maximum atomic E-state index is 12.8. The molecule has 4 rings (SSSR count). The van der Waals surface area contributed by atoms with Crippen LogP contribution < -0.4 is 10.2 Å². The molecule has 0 atom stereocenters. The van der Waals surface area contributed by atoms with Gasteiger partial charge in [-0.15, -0.1) is 0 Å². The van der Waals surface area contributed by atoms with Crippen LogP contribution in [0.4, 0.5) is 10.5 Å². The zero-order valence-electron chi connectivity index (χ0n) is 14.6. The normalized spacial score (nSPS) is 15.2. The van der Waals surface area contributed by atoms with Crippen molar-refractivity contribution < 1.29 is 9.59 Å². The number of urea groups is 1. The van der Waals surface area contributed by atoms with E-state index < -0.39 is 11.9 Å². The standard InChI is InChI=1S/C22H15ClN2O2S/c23-16-10-12-17(13-11-16)25-21(26)19(24-22(25)27)14-15-6-4-5-9-20(15)28-18-7-2-1-3-8-18/h1-14H,(H,24,27)/b19-14-. The van der Waals surface area contributed by atoms with Crippen molar-refractivity contribution in [3.05, 3.63) is 95.1 Å². The van der Waals surface area contributed by atoms with Crippen LogP contribution in [0, 0.1) is 0 Å². The molecule has 0 saturated carbocycles. The van der Waals surface area contributed by atoms with E-state index in [1.54, 1.807) is 42.1 Å².